The number of anilines is 1. The SMILES string of the molecule is CC1(C(=O)O)CC(=O)C1N1CNc2sccc2C1. The Morgan fingerprint density at radius 2 is 2.44 bits per heavy atom. The molecule has 0 saturated heterocycles. The van der Waals surface area contributed by atoms with Crippen LogP contribution in [0.1, 0.15) is 18.9 Å². The summed E-state index contributed by atoms with van der Waals surface area (Å²) in [6.07, 6.45) is 0.139. The summed E-state index contributed by atoms with van der Waals surface area (Å²) >= 11 is 1.63. The molecule has 1 saturated carbocycles. The fourth-order valence-electron chi connectivity index (χ4n) is 2.82. The molecule has 96 valence electrons. The number of carbonyl (C=O) groups is 2. The van der Waals surface area contributed by atoms with E-state index in [9.17, 15) is 14.7 Å². The zero-order chi connectivity index (χ0) is 12.9. The molecule has 2 heterocycles. The lowest BCUT2D eigenvalue weighted by molar-refractivity contribution is -0.169. The standard InChI is InChI=1S/C12H14N2O3S/c1-12(11(16)17)4-8(15)9(12)14-5-7-2-3-18-10(7)13-6-14/h2-3,9,13H,4-6H2,1H3,(H,16,17). The molecule has 2 aliphatic rings. The molecule has 18 heavy (non-hydrogen) atoms. The van der Waals surface area contributed by atoms with Gasteiger partial charge in [-0.25, -0.2) is 0 Å². The molecule has 2 N–H and O–H groups in total. The second-order valence-corrected chi connectivity index (χ2v) is 6.04. The second-order valence-electron chi connectivity index (χ2n) is 5.12. The van der Waals surface area contributed by atoms with E-state index in [-0.39, 0.29) is 12.2 Å². The predicted octanol–water partition coefficient (Wildman–Crippen LogP) is 1.37. The number of thiophene rings is 1. The Labute approximate surface area is 108 Å². The van der Waals surface area contributed by atoms with Gasteiger partial charge in [0.2, 0.25) is 0 Å². The summed E-state index contributed by atoms with van der Waals surface area (Å²) in [6, 6.07) is 1.51. The quantitative estimate of drug-likeness (QED) is 0.846. The number of nitrogens with one attached hydrogen (secondary N) is 1. The van der Waals surface area contributed by atoms with Crippen molar-refractivity contribution in [3.05, 3.63) is 17.0 Å². The van der Waals surface area contributed by atoms with Crippen molar-refractivity contribution >= 4 is 28.1 Å². The smallest absolute Gasteiger partial charge is 0.311 e. The number of carbonyl (C=O) groups excluding carboxylic acids is 1. The summed E-state index contributed by atoms with van der Waals surface area (Å²) < 4.78 is 0. The first-order valence-electron chi connectivity index (χ1n) is 5.83. The minimum absolute atomic E-state index is 0.0281. The number of carboxylic acids is 1. The van der Waals surface area contributed by atoms with Gasteiger partial charge in [-0.1, -0.05) is 0 Å². The van der Waals surface area contributed by atoms with E-state index in [4.69, 9.17) is 0 Å². The summed E-state index contributed by atoms with van der Waals surface area (Å²) in [5.74, 6) is -0.858. The first kappa shape index (κ1) is 11.7. The Hall–Kier alpha value is -1.40. The molecular formula is C12H14N2O3S. The molecule has 1 aliphatic carbocycles. The van der Waals surface area contributed by atoms with E-state index in [2.05, 4.69) is 5.32 Å². The van der Waals surface area contributed by atoms with Gasteiger partial charge >= 0.3 is 5.97 Å². The fourth-order valence-corrected chi connectivity index (χ4v) is 3.62. The molecular weight excluding hydrogens is 252 g/mol. The average Bonchev–Trinajstić information content (AvgIpc) is 2.75. The molecule has 2 unspecified atom stereocenters. The summed E-state index contributed by atoms with van der Waals surface area (Å²) in [7, 11) is 0. The molecule has 1 aromatic rings. The largest absolute Gasteiger partial charge is 0.481 e. The van der Waals surface area contributed by atoms with Gasteiger partial charge < -0.3 is 10.4 Å². The second kappa shape index (κ2) is 3.80. The van der Waals surface area contributed by atoms with Crippen LogP contribution in [-0.2, 0) is 16.1 Å². The highest BCUT2D eigenvalue weighted by atomic mass is 32.1. The van der Waals surface area contributed by atoms with Crippen LogP contribution in [0.3, 0.4) is 0 Å². The van der Waals surface area contributed by atoms with Crippen LogP contribution in [0.25, 0.3) is 0 Å². The summed E-state index contributed by atoms with van der Waals surface area (Å²) in [6.45, 7) is 2.84. The van der Waals surface area contributed by atoms with Gasteiger partial charge in [-0.2, -0.15) is 0 Å². The van der Waals surface area contributed by atoms with E-state index < -0.39 is 17.4 Å². The Balaban J connectivity index is 1.84. The third-order valence-corrected chi connectivity index (χ3v) is 4.78. The topological polar surface area (TPSA) is 69.6 Å². The van der Waals surface area contributed by atoms with Crippen molar-refractivity contribution in [2.45, 2.75) is 25.9 Å². The van der Waals surface area contributed by atoms with E-state index >= 15 is 0 Å². The average molecular weight is 266 g/mol. The maximum Gasteiger partial charge on any atom is 0.311 e. The molecule has 0 radical (unpaired) electrons. The highest BCUT2D eigenvalue weighted by Gasteiger charge is 2.58. The van der Waals surface area contributed by atoms with Crippen molar-refractivity contribution in [1.29, 1.82) is 0 Å². The number of nitrogens with zero attached hydrogens (tertiary/aromatic N) is 1. The number of hydrogen-bond acceptors (Lipinski definition) is 5. The number of carboxylic acid groups (broad SMARTS) is 1. The zero-order valence-corrected chi connectivity index (χ0v) is 10.8. The van der Waals surface area contributed by atoms with Crippen LogP contribution in [0, 0.1) is 5.41 Å². The van der Waals surface area contributed by atoms with E-state index in [0.717, 1.165) is 10.6 Å². The predicted molar refractivity (Wildman–Crippen MR) is 67.5 cm³/mol. The van der Waals surface area contributed by atoms with Crippen molar-refractivity contribution in [3.63, 3.8) is 0 Å². The summed E-state index contributed by atoms with van der Waals surface area (Å²) in [4.78, 5) is 25.0. The monoisotopic (exact) mass is 266 g/mol. The van der Waals surface area contributed by atoms with Gasteiger partial charge in [0.1, 0.15) is 0 Å². The third kappa shape index (κ3) is 1.49. The van der Waals surface area contributed by atoms with Crippen molar-refractivity contribution in [1.82, 2.24) is 4.90 Å². The molecule has 0 bridgehead atoms. The first-order valence-corrected chi connectivity index (χ1v) is 6.71. The molecule has 1 aliphatic heterocycles. The highest BCUT2D eigenvalue weighted by Crippen LogP contribution is 2.43. The van der Waals surface area contributed by atoms with Crippen LogP contribution in [0.5, 0.6) is 0 Å². The molecule has 1 fully saturated rings. The van der Waals surface area contributed by atoms with Crippen LogP contribution in [0.4, 0.5) is 5.00 Å². The van der Waals surface area contributed by atoms with Gasteiger partial charge in [0, 0.05) is 18.5 Å². The van der Waals surface area contributed by atoms with Crippen molar-refractivity contribution in [2.24, 2.45) is 5.41 Å². The van der Waals surface area contributed by atoms with E-state index in [1.807, 2.05) is 16.3 Å². The van der Waals surface area contributed by atoms with Crippen molar-refractivity contribution in [2.75, 3.05) is 12.0 Å². The molecule has 3 rings (SSSR count). The van der Waals surface area contributed by atoms with Crippen LogP contribution < -0.4 is 5.32 Å². The maximum absolute atomic E-state index is 11.8. The van der Waals surface area contributed by atoms with Crippen LogP contribution in [-0.4, -0.2) is 34.5 Å². The highest BCUT2D eigenvalue weighted by molar-refractivity contribution is 7.14. The molecule has 0 aromatic carbocycles. The summed E-state index contributed by atoms with van der Waals surface area (Å²) in [5.41, 5.74) is 0.199. The molecule has 5 nitrogen and oxygen atoms in total. The van der Waals surface area contributed by atoms with Crippen LogP contribution in [0.2, 0.25) is 0 Å². The van der Waals surface area contributed by atoms with Crippen LogP contribution >= 0.6 is 11.3 Å². The molecule has 0 spiro atoms. The van der Waals surface area contributed by atoms with Crippen LogP contribution in [0.15, 0.2) is 11.4 Å². The Morgan fingerprint density at radius 1 is 1.67 bits per heavy atom. The van der Waals surface area contributed by atoms with Gasteiger partial charge in [-0.3, -0.25) is 14.5 Å². The Bertz CT molecular complexity index is 527. The fraction of sp³-hybridized carbons (Fsp3) is 0.500. The van der Waals surface area contributed by atoms with Gasteiger partial charge in [0.05, 0.1) is 23.1 Å². The van der Waals surface area contributed by atoms with E-state index in [1.165, 1.54) is 0 Å². The maximum atomic E-state index is 11.8. The minimum atomic E-state index is -0.938. The van der Waals surface area contributed by atoms with Gasteiger partial charge in [-0.15, -0.1) is 11.3 Å². The minimum Gasteiger partial charge on any atom is -0.481 e. The molecule has 1 aromatic heterocycles. The van der Waals surface area contributed by atoms with Gasteiger partial charge in [-0.05, 0) is 18.4 Å². The number of fused-ring (bicyclic) bond motifs is 1. The lowest BCUT2D eigenvalue weighted by Gasteiger charge is -2.48. The molecule has 2 atom stereocenters. The van der Waals surface area contributed by atoms with Gasteiger partial charge in [0.15, 0.2) is 5.78 Å². The molecule has 0 amide bonds. The normalized spacial score (nSPS) is 31.4. The van der Waals surface area contributed by atoms with Gasteiger partial charge in [0.25, 0.3) is 0 Å². The number of aliphatic carboxylic acids is 1. The Morgan fingerprint density at radius 3 is 3.11 bits per heavy atom. The van der Waals surface area contributed by atoms with Crippen molar-refractivity contribution in [3.8, 4) is 0 Å². The first-order chi connectivity index (χ1) is 8.52. The number of rotatable bonds is 2. The molecule has 6 heteroatoms. The Kier molecular flexibility index (Phi) is 2.46. The van der Waals surface area contributed by atoms with E-state index in [0.29, 0.717) is 13.2 Å². The third-order valence-electron chi connectivity index (χ3n) is 3.87. The van der Waals surface area contributed by atoms with E-state index in [1.54, 1.807) is 18.3 Å². The zero-order valence-electron chi connectivity index (χ0n) is 9.97. The lowest BCUT2D eigenvalue weighted by atomic mass is 9.64. The lowest BCUT2D eigenvalue weighted by Crippen LogP contribution is -2.65. The number of hydrogen-bond donors (Lipinski definition) is 2. The van der Waals surface area contributed by atoms with Crippen molar-refractivity contribution < 1.29 is 14.7 Å². The number of ketones is 1. The summed E-state index contributed by atoms with van der Waals surface area (Å²) in [5, 5.41) is 15.6. The number of Topliss-reactive ketones (excluding diaryl/α,β-unsaturated/α-hetero) is 1.